The predicted octanol–water partition coefficient (Wildman–Crippen LogP) is 3.86. The van der Waals surface area contributed by atoms with Crippen molar-refractivity contribution in [2.45, 2.75) is 48.7 Å². The predicted molar refractivity (Wildman–Crippen MR) is 95.5 cm³/mol. The molecular formula is C16H17BrClN3O2S. The zero-order chi connectivity index (χ0) is 16.9. The molecule has 0 radical (unpaired) electrons. The third-order valence-corrected chi connectivity index (χ3v) is 7.60. The summed E-state index contributed by atoms with van der Waals surface area (Å²) >= 11 is 9.41. The van der Waals surface area contributed by atoms with Gasteiger partial charge in [-0.05, 0) is 59.8 Å². The van der Waals surface area contributed by atoms with Crippen LogP contribution in [0.3, 0.4) is 0 Å². The van der Waals surface area contributed by atoms with Gasteiger partial charge in [-0.3, -0.25) is 4.68 Å². The minimum Gasteiger partial charge on any atom is -0.268 e. The van der Waals surface area contributed by atoms with E-state index >= 15 is 0 Å². The molecule has 4 rings (SSSR count). The van der Waals surface area contributed by atoms with Crippen LogP contribution in [0.1, 0.15) is 31.7 Å². The van der Waals surface area contributed by atoms with Crippen LogP contribution in [0.25, 0.3) is 0 Å². The molecule has 0 saturated carbocycles. The summed E-state index contributed by atoms with van der Waals surface area (Å²) in [7, 11) is -3.51. The molecule has 2 bridgehead atoms. The minimum absolute atomic E-state index is 0.0284. The molecule has 128 valence electrons. The first-order valence-electron chi connectivity index (χ1n) is 7.94. The van der Waals surface area contributed by atoms with Gasteiger partial charge in [-0.15, -0.1) is 0 Å². The third kappa shape index (κ3) is 2.81. The van der Waals surface area contributed by atoms with Crippen molar-refractivity contribution in [2.24, 2.45) is 0 Å². The van der Waals surface area contributed by atoms with E-state index in [1.165, 1.54) is 6.07 Å². The molecule has 8 heteroatoms. The molecule has 0 spiro atoms. The van der Waals surface area contributed by atoms with Crippen molar-refractivity contribution in [2.75, 3.05) is 0 Å². The van der Waals surface area contributed by atoms with Crippen LogP contribution in [0.5, 0.6) is 0 Å². The largest absolute Gasteiger partial charge is 0.268 e. The second kappa shape index (κ2) is 6.12. The van der Waals surface area contributed by atoms with Gasteiger partial charge in [0.1, 0.15) is 0 Å². The molecule has 0 N–H and O–H groups in total. The van der Waals surface area contributed by atoms with E-state index in [2.05, 4.69) is 21.0 Å². The van der Waals surface area contributed by atoms with Gasteiger partial charge >= 0.3 is 0 Å². The number of nitrogens with zero attached hydrogens (tertiary/aromatic N) is 3. The fourth-order valence-corrected chi connectivity index (χ4v) is 6.47. The van der Waals surface area contributed by atoms with Crippen molar-refractivity contribution in [3.05, 3.63) is 46.2 Å². The first-order valence-corrected chi connectivity index (χ1v) is 10.5. The summed E-state index contributed by atoms with van der Waals surface area (Å²) in [6.45, 7) is 0. The van der Waals surface area contributed by atoms with Crippen LogP contribution in [0.2, 0.25) is 5.02 Å². The molecule has 24 heavy (non-hydrogen) atoms. The Balaban J connectivity index is 1.62. The maximum Gasteiger partial charge on any atom is 0.243 e. The molecule has 2 atom stereocenters. The highest BCUT2D eigenvalue weighted by atomic mass is 79.9. The van der Waals surface area contributed by atoms with Crippen molar-refractivity contribution in [3.63, 3.8) is 0 Å². The topological polar surface area (TPSA) is 55.2 Å². The van der Waals surface area contributed by atoms with Crippen LogP contribution >= 0.6 is 27.5 Å². The molecule has 2 aromatic rings. The quantitative estimate of drug-likeness (QED) is 0.743. The highest BCUT2D eigenvalue weighted by Gasteiger charge is 2.47. The van der Waals surface area contributed by atoms with Crippen molar-refractivity contribution in [1.82, 2.24) is 14.1 Å². The zero-order valence-electron chi connectivity index (χ0n) is 12.8. The molecule has 2 saturated heterocycles. The molecule has 5 nitrogen and oxygen atoms in total. The Bertz CT molecular complexity index is 856. The van der Waals surface area contributed by atoms with E-state index in [1.54, 1.807) is 28.7 Å². The molecule has 2 fully saturated rings. The van der Waals surface area contributed by atoms with Crippen molar-refractivity contribution in [1.29, 1.82) is 0 Å². The van der Waals surface area contributed by atoms with Crippen LogP contribution in [-0.2, 0) is 10.0 Å². The Morgan fingerprint density at radius 2 is 1.88 bits per heavy atom. The smallest absolute Gasteiger partial charge is 0.243 e. The number of piperidine rings is 1. The molecule has 2 unspecified atom stereocenters. The number of benzene rings is 1. The number of hydrogen-bond donors (Lipinski definition) is 0. The fourth-order valence-electron chi connectivity index (χ4n) is 3.98. The van der Waals surface area contributed by atoms with Crippen LogP contribution in [0, 0.1) is 0 Å². The van der Waals surface area contributed by atoms with E-state index < -0.39 is 10.0 Å². The summed E-state index contributed by atoms with van der Waals surface area (Å²) in [5.74, 6) is 0. The molecule has 2 aliphatic heterocycles. The number of hydrogen-bond acceptors (Lipinski definition) is 3. The maximum atomic E-state index is 13.1. The summed E-state index contributed by atoms with van der Waals surface area (Å²) < 4.78 is 30.8. The lowest BCUT2D eigenvalue weighted by Gasteiger charge is -2.37. The van der Waals surface area contributed by atoms with Crippen molar-refractivity contribution in [3.8, 4) is 0 Å². The monoisotopic (exact) mass is 429 g/mol. The number of halogens is 2. The van der Waals surface area contributed by atoms with Gasteiger partial charge in [0.2, 0.25) is 10.0 Å². The van der Waals surface area contributed by atoms with Crippen molar-refractivity contribution < 1.29 is 8.42 Å². The van der Waals surface area contributed by atoms with Gasteiger partial charge in [0.05, 0.1) is 21.6 Å². The Labute approximate surface area is 154 Å². The highest BCUT2D eigenvalue weighted by Crippen LogP contribution is 2.43. The summed E-state index contributed by atoms with van der Waals surface area (Å²) in [5.41, 5.74) is 0. The lowest BCUT2D eigenvalue weighted by atomic mass is 10.00. The fraction of sp³-hybridized carbons (Fsp3) is 0.438. The lowest BCUT2D eigenvalue weighted by molar-refractivity contribution is 0.185. The second-order valence-corrected chi connectivity index (χ2v) is 9.64. The Morgan fingerprint density at radius 3 is 2.46 bits per heavy atom. The van der Waals surface area contributed by atoms with Gasteiger partial charge < -0.3 is 0 Å². The first kappa shape index (κ1) is 16.6. The van der Waals surface area contributed by atoms with E-state index in [9.17, 15) is 8.42 Å². The van der Waals surface area contributed by atoms with Crippen LogP contribution in [0.15, 0.2) is 46.0 Å². The Kier molecular flexibility index (Phi) is 4.23. The number of sulfonamides is 1. The molecule has 0 aliphatic carbocycles. The molecule has 0 amide bonds. The standard InChI is InChI=1S/C16H17BrClN3O2S/c17-11-9-19-20(10-11)15-7-13-4-5-14(8-15)21(13)24(22,23)16-3-1-2-12(18)6-16/h1-3,6,9-10,13-15H,4-5,7-8H2. The second-order valence-electron chi connectivity index (χ2n) is 6.44. The average Bonchev–Trinajstić information content (AvgIpc) is 3.09. The molecular weight excluding hydrogens is 414 g/mol. The van der Waals surface area contributed by atoms with Gasteiger partial charge in [0, 0.05) is 23.3 Å². The summed E-state index contributed by atoms with van der Waals surface area (Å²) in [6.07, 6.45) is 7.14. The lowest BCUT2D eigenvalue weighted by Crippen LogP contribution is -2.46. The van der Waals surface area contributed by atoms with Gasteiger partial charge in [-0.25, -0.2) is 8.42 Å². The van der Waals surface area contributed by atoms with E-state index in [1.807, 2.05) is 10.9 Å². The molecule has 1 aromatic heterocycles. The molecule has 1 aromatic carbocycles. The van der Waals surface area contributed by atoms with Crippen LogP contribution in [0.4, 0.5) is 0 Å². The summed E-state index contributed by atoms with van der Waals surface area (Å²) in [4.78, 5) is 0.284. The average molecular weight is 431 g/mol. The first-order chi connectivity index (χ1) is 11.4. The number of rotatable bonds is 3. The Morgan fingerprint density at radius 1 is 1.17 bits per heavy atom. The zero-order valence-corrected chi connectivity index (χ0v) is 16.0. The van der Waals surface area contributed by atoms with Gasteiger partial charge in [-0.2, -0.15) is 9.40 Å². The SMILES string of the molecule is O=S(=O)(c1cccc(Cl)c1)N1C2CCC1CC(n1cc(Br)cn1)C2. The molecule has 2 aliphatic rings. The van der Waals surface area contributed by atoms with Gasteiger partial charge in [0.15, 0.2) is 0 Å². The maximum absolute atomic E-state index is 13.1. The van der Waals surface area contributed by atoms with E-state index in [-0.39, 0.29) is 23.0 Å². The normalized spacial score (nSPS) is 27.5. The van der Waals surface area contributed by atoms with Crippen molar-refractivity contribution >= 4 is 37.6 Å². The van der Waals surface area contributed by atoms with E-state index in [0.717, 1.165) is 30.2 Å². The van der Waals surface area contributed by atoms with Gasteiger partial charge in [-0.1, -0.05) is 17.7 Å². The minimum atomic E-state index is -3.51. The van der Waals surface area contributed by atoms with Crippen LogP contribution in [-0.4, -0.2) is 34.6 Å². The van der Waals surface area contributed by atoms with Gasteiger partial charge in [0.25, 0.3) is 0 Å². The van der Waals surface area contributed by atoms with E-state index in [0.29, 0.717) is 5.02 Å². The van der Waals surface area contributed by atoms with E-state index in [4.69, 9.17) is 11.6 Å². The third-order valence-electron chi connectivity index (χ3n) is 4.96. The number of aromatic nitrogens is 2. The summed E-state index contributed by atoms with van der Waals surface area (Å²) in [5, 5.41) is 4.82. The number of fused-ring (bicyclic) bond motifs is 2. The highest BCUT2D eigenvalue weighted by molar-refractivity contribution is 9.10. The Hall–Kier alpha value is -0.890. The molecule has 3 heterocycles. The van der Waals surface area contributed by atoms with Crippen LogP contribution < -0.4 is 0 Å². The summed E-state index contributed by atoms with van der Waals surface area (Å²) in [6, 6.07) is 6.84.